The highest BCUT2D eigenvalue weighted by molar-refractivity contribution is 8.14. The summed E-state index contributed by atoms with van der Waals surface area (Å²) in [6.07, 6.45) is 0. The number of hydrogen-bond acceptors (Lipinski definition) is 4. The van der Waals surface area contributed by atoms with Crippen LogP contribution >= 0.6 is 11.8 Å². The zero-order chi connectivity index (χ0) is 13.7. The molecule has 1 rings (SSSR count). The van der Waals surface area contributed by atoms with E-state index in [0.29, 0.717) is 5.56 Å². The van der Waals surface area contributed by atoms with Crippen molar-refractivity contribution in [3.63, 3.8) is 0 Å². The Hall–Kier alpha value is -1.29. The normalized spacial score (nSPS) is 10.5. The lowest BCUT2D eigenvalue weighted by molar-refractivity contribution is -0.113. The van der Waals surface area contributed by atoms with Crippen LogP contribution in [0.5, 0.6) is 5.75 Å². The van der Waals surface area contributed by atoms with E-state index < -0.39 is 0 Å². The fourth-order valence-corrected chi connectivity index (χ4v) is 2.22. The van der Waals surface area contributed by atoms with Gasteiger partial charge in [0.1, 0.15) is 5.75 Å². The highest BCUT2D eigenvalue weighted by atomic mass is 32.2. The lowest BCUT2D eigenvalue weighted by Crippen LogP contribution is -2.09. The zero-order valence-electron chi connectivity index (χ0n) is 11.1. The molecule has 1 aromatic rings. The highest BCUT2D eigenvalue weighted by Gasteiger charge is 2.14. The van der Waals surface area contributed by atoms with Crippen LogP contribution in [0.15, 0.2) is 18.2 Å². The summed E-state index contributed by atoms with van der Waals surface area (Å²) in [5, 5.41) is 0.0505. The number of methoxy groups -OCH3 is 1. The molecule has 0 heterocycles. The van der Waals surface area contributed by atoms with Crippen LogP contribution in [0.1, 0.15) is 29.8 Å². The molecule has 0 fully saturated rings. The van der Waals surface area contributed by atoms with Crippen LogP contribution in [0.4, 0.5) is 0 Å². The summed E-state index contributed by atoms with van der Waals surface area (Å²) in [6.45, 7) is 5.53. The molecule has 0 aromatic heterocycles. The van der Waals surface area contributed by atoms with Gasteiger partial charge in [-0.2, -0.15) is 0 Å². The van der Waals surface area contributed by atoms with E-state index in [1.807, 2.05) is 26.8 Å². The molecular weight excluding hydrogens is 248 g/mol. The van der Waals surface area contributed by atoms with Crippen molar-refractivity contribution in [1.82, 2.24) is 0 Å². The fraction of sp³-hybridized carbons (Fsp3) is 0.429. The Balaban J connectivity index is 2.70. The minimum Gasteiger partial charge on any atom is -0.497 e. The molecule has 0 atom stereocenters. The van der Waals surface area contributed by atoms with Crippen molar-refractivity contribution in [1.29, 1.82) is 0 Å². The number of benzene rings is 1. The maximum atomic E-state index is 12.0. The lowest BCUT2D eigenvalue weighted by atomic mass is 10.1. The zero-order valence-corrected chi connectivity index (χ0v) is 12.0. The molecule has 0 unspecified atom stereocenters. The summed E-state index contributed by atoms with van der Waals surface area (Å²) in [5.41, 5.74) is 1.52. The van der Waals surface area contributed by atoms with E-state index in [1.54, 1.807) is 19.2 Å². The molecule has 3 nitrogen and oxygen atoms in total. The second-order valence-corrected chi connectivity index (χ2v) is 5.35. The topological polar surface area (TPSA) is 43.4 Å². The number of hydrogen-bond donors (Lipinski definition) is 0. The first-order valence-electron chi connectivity index (χ1n) is 5.80. The summed E-state index contributed by atoms with van der Waals surface area (Å²) in [6, 6.07) is 5.33. The van der Waals surface area contributed by atoms with E-state index >= 15 is 0 Å². The Morgan fingerprint density at radius 3 is 2.50 bits per heavy atom. The third kappa shape index (κ3) is 3.88. The molecule has 0 saturated heterocycles. The van der Waals surface area contributed by atoms with Crippen molar-refractivity contribution in [2.24, 2.45) is 5.92 Å². The minimum absolute atomic E-state index is 0.0193. The third-order valence-corrected chi connectivity index (χ3v) is 3.71. The van der Waals surface area contributed by atoms with E-state index in [4.69, 9.17) is 4.74 Å². The number of aryl methyl sites for hydroxylation is 1. The number of thioether (sulfide) groups is 1. The van der Waals surface area contributed by atoms with Crippen LogP contribution < -0.4 is 4.74 Å². The van der Waals surface area contributed by atoms with Crippen LogP contribution in [0.3, 0.4) is 0 Å². The van der Waals surface area contributed by atoms with E-state index in [1.165, 1.54) is 0 Å². The quantitative estimate of drug-likeness (QED) is 0.768. The van der Waals surface area contributed by atoms with Gasteiger partial charge in [0.05, 0.1) is 12.9 Å². The monoisotopic (exact) mass is 266 g/mol. The Bertz CT molecular complexity index is 452. The Morgan fingerprint density at radius 2 is 2.00 bits per heavy atom. The van der Waals surface area contributed by atoms with E-state index in [0.717, 1.165) is 23.1 Å². The molecule has 0 aliphatic rings. The summed E-state index contributed by atoms with van der Waals surface area (Å²) in [5.74, 6) is 0.869. The van der Waals surface area contributed by atoms with E-state index in [2.05, 4.69) is 0 Å². The van der Waals surface area contributed by atoms with Crippen molar-refractivity contribution in [2.75, 3.05) is 12.9 Å². The smallest absolute Gasteiger partial charge is 0.191 e. The number of carbonyl (C=O) groups excluding carboxylic acids is 2. The highest BCUT2D eigenvalue weighted by Crippen LogP contribution is 2.19. The van der Waals surface area contributed by atoms with Gasteiger partial charge in [-0.25, -0.2) is 0 Å². The molecule has 0 spiro atoms. The molecule has 18 heavy (non-hydrogen) atoms. The summed E-state index contributed by atoms with van der Waals surface area (Å²) in [4.78, 5) is 23.4. The summed E-state index contributed by atoms with van der Waals surface area (Å²) >= 11 is 1.09. The maximum absolute atomic E-state index is 12.0. The molecule has 1 aromatic carbocycles. The molecule has 0 bridgehead atoms. The van der Waals surface area contributed by atoms with Crippen molar-refractivity contribution >= 4 is 22.7 Å². The lowest BCUT2D eigenvalue weighted by Gasteiger charge is -2.07. The van der Waals surface area contributed by atoms with Gasteiger partial charge in [-0.3, -0.25) is 9.59 Å². The molecule has 0 aliphatic heterocycles. The summed E-state index contributed by atoms with van der Waals surface area (Å²) in [7, 11) is 1.59. The fourth-order valence-electron chi connectivity index (χ4n) is 1.46. The average Bonchev–Trinajstić information content (AvgIpc) is 2.34. The number of ether oxygens (including phenoxy) is 1. The second kappa shape index (κ2) is 6.59. The molecular formula is C14H18O3S. The maximum Gasteiger partial charge on any atom is 0.191 e. The van der Waals surface area contributed by atoms with Gasteiger partial charge in [-0.15, -0.1) is 0 Å². The van der Waals surface area contributed by atoms with Crippen molar-refractivity contribution in [3.8, 4) is 5.75 Å². The molecule has 0 radical (unpaired) electrons. The van der Waals surface area contributed by atoms with Gasteiger partial charge >= 0.3 is 0 Å². The Kier molecular flexibility index (Phi) is 5.41. The van der Waals surface area contributed by atoms with E-state index in [-0.39, 0.29) is 22.6 Å². The first-order valence-corrected chi connectivity index (χ1v) is 6.78. The molecule has 0 saturated carbocycles. The minimum atomic E-state index is -0.0419. The van der Waals surface area contributed by atoms with Gasteiger partial charge in [0.15, 0.2) is 10.9 Å². The molecule has 0 aliphatic carbocycles. The predicted molar refractivity (Wildman–Crippen MR) is 74.4 cm³/mol. The van der Waals surface area contributed by atoms with Crippen molar-refractivity contribution < 1.29 is 14.3 Å². The first-order chi connectivity index (χ1) is 8.45. The number of rotatable bonds is 5. The van der Waals surface area contributed by atoms with Crippen molar-refractivity contribution in [3.05, 3.63) is 29.3 Å². The first kappa shape index (κ1) is 14.8. The van der Waals surface area contributed by atoms with Gasteiger partial charge in [0.25, 0.3) is 0 Å². The SMILES string of the molecule is COc1ccc(C(=O)CSC(=O)C(C)C)c(C)c1. The number of Topliss-reactive ketones (excluding diaryl/α,β-unsaturated/α-hetero) is 1. The second-order valence-electron chi connectivity index (χ2n) is 4.37. The van der Waals surface area contributed by atoms with E-state index in [9.17, 15) is 9.59 Å². The molecule has 98 valence electrons. The molecule has 0 N–H and O–H groups in total. The number of ketones is 1. The standard InChI is InChI=1S/C14H18O3S/c1-9(2)14(16)18-8-13(15)12-6-5-11(17-4)7-10(12)3/h5-7,9H,8H2,1-4H3. The largest absolute Gasteiger partial charge is 0.497 e. The van der Waals surface area contributed by atoms with Crippen molar-refractivity contribution in [2.45, 2.75) is 20.8 Å². The third-order valence-electron chi connectivity index (χ3n) is 2.55. The Labute approximate surface area is 112 Å². The number of carbonyl (C=O) groups is 2. The van der Waals surface area contributed by atoms with Gasteiger partial charge in [-0.05, 0) is 30.7 Å². The molecule has 0 amide bonds. The van der Waals surface area contributed by atoms with Gasteiger partial charge in [0, 0.05) is 11.5 Å². The van der Waals surface area contributed by atoms with Crippen LogP contribution in [0, 0.1) is 12.8 Å². The predicted octanol–water partition coefficient (Wildman–Crippen LogP) is 3.10. The Morgan fingerprint density at radius 1 is 1.33 bits per heavy atom. The van der Waals surface area contributed by atoms with Gasteiger partial charge < -0.3 is 4.74 Å². The summed E-state index contributed by atoms with van der Waals surface area (Å²) < 4.78 is 5.09. The van der Waals surface area contributed by atoms with Crippen LogP contribution in [-0.2, 0) is 4.79 Å². The molecule has 4 heteroatoms. The van der Waals surface area contributed by atoms with Crippen LogP contribution in [0.25, 0.3) is 0 Å². The van der Waals surface area contributed by atoms with Gasteiger partial charge in [0.2, 0.25) is 0 Å². The average molecular weight is 266 g/mol. The van der Waals surface area contributed by atoms with Crippen LogP contribution in [0.2, 0.25) is 0 Å². The van der Waals surface area contributed by atoms with Gasteiger partial charge in [-0.1, -0.05) is 25.6 Å². The van der Waals surface area contributed by atoms with Crippen LogP contribution in [-0.4, -0.2) is 23.8 Å².